The predicted octanol–water partition coefficient (Wildman–Crippen LogP) is 2.16. The number of aliphatic carboxylic acids is 1. The number of hydrogen-bond acceptors (Lipinski definition) is 10. The molecule has 1 aliphatic rings. The van der Waals surface area contributed by atoms with Crippen LogP contribution in [0.15, 0.2) is 53.7 Å². The summed E-state index contributed by atoms with van der Waals surface area (Å²) < 4.78 is 32.7. The van der Waals surface area contributed by atoms with Crippen LogP contribution in [0.3, 0.4) is 0 Å². The Morgan fingerprint density at radius 2 is 1.68 bits per heavy atom. The maximum absolute atomic E-state index is 13.2. The minimum absolute atomic E-state index is 0.0484. The molecule has 3 aromatic rings. The van der Waals surface area contributed by atoms with Gasteiger partial charge in [-0.05, 0) is 42.3 Å². The molecular formula is C26H32N6O6S2. The highest BCUT2D eigenvalue weighted by molar-refractivity contribution is 7.89. The number of ether oxygens (including phenoxy) is 1. The molecular weight excluding hydrogens is 556 g/mol. The highest BCUT2D eigenvalue weighted by Gasteiger charge is 2.29. The summed E-state index contributed by atoms with van der Waals surface area (Å²) in [6, 6.07) is 7.90. The number of sulfonamides is 1. The Bertz CT molecular complexity index is 1420. The van der Waals surface area contributed by atoms with Gasteiger partial charge in [-0.15, -0.1) is 0 Å². The van der Waals surface area contributed by atoms with E-state index in [2.05, 4.69) is 24.8 Å². The summed E-state index contributed by atoms with van der Waals surface area (Å²) in [5, 5.41) is 13.0. The van der Waals surface area contributed by atoms with E-state index in [1.165, 1.54) is 42.7 Å². The number of methoxy groups -OCH3 is 1. The van der Waals surface area contributed by atoms with E-state index in [9.17, 15) is 23.1 Å². The average molecular weight is 589 g/mol. The molecule has 0 aliphatic carbocycles. The van der Waals surface area contributed by atoms with Gasteiger partial charge >= 0.3 is 5.97 Å². The first-order valence-electron chi connectivity index (χ1n) is 12.7. The van der Waals surface area contributed by atoms with Gasteiger partial charge in [0.25, 0.3) is 5.91 Å². The molecule has 0 spiro atoms. The molecule has 0 radical (unpaired) electrons. The molecule has 3 heterocycles. The Labute approximate surface area is 237 Å². The molecule has 14 heteroatoms. The topological polar surface area (TPSA) is 154 Å². The first-order chi connectivity index (χ1) is 19.1. The molecule has 3 N–H and O–H groups in total. The van der Waals surface area contributed by atoms with Gasteiger partial charge in [0.1, 0.15) is 16.7 Å². The maximum Gasteiger partial charge on any atom is 0.323 e. The van der Waals surface area contributed by atoms with Crippen LogP contribution in [0.5, 0.6) is 5.75 Å². The number of aromatic nitrogens is 2. The van der Waals surface area contributed by atoms with Gasteiger partial charge in [0.15, 0.2) is 5.13 Å². The van der Waals surface area contributed by atoms with E-state index in [1.807, 2.05) is 26.0 Å². The molecule has 4 rings (SSSR count). The summed E-state index contributed by atoms with van der Waals surface area (Å²) in [6.07, 6.45) is 3.53. The summed E-state index contributed by atoms with van der Waals surface area (Å²) in [7, 11) is -2.71. The number of rotatable bonds is 11. The largest absolute Gasteiger partial charge is 0.497 e. The molecule has 40 heavy (non-hydrogen) atoms. The number of nitrogens with zero attached hydrogens (tertiary/aromatic N) is 4. The third-order valence-corrected chi connectivity index (χ3v) is 9.02. The predicted molar refractivity (Wildman–Crippen MR) is 152 cm³/mol. The fourth-order valence-corrected chi connectivity index (χ4v) is 6.56. The Hall–Kier alpha value is -3.75. The van der Waals surface area contributed by atoms with Crippen LogP contribution in [0.4, 0.5) is 10.8 Å². The molecule has 1 aromatic carbocycles. The Balaban J connectivity index is 1.42. The number of carboxylic acid groups (broad SMARTS) is 1. The number of carboxylic acids is 1. The van der Waals surface area contributed by atoms with E-state index in [1.54, 1.807) is 12.4 Å². The zero-order valence-electron chi connectivity index (χ0n) is 22.4. The van der Waals surface area contributed by atoms with Crippen molar-refractivity contribution >= 4 is 44.1 Å². The van der Waals surface area contributed by atoms with Crippen molar-refractivity contribution in [3.8, 4) is 5.75 Å². The Morgan fingerprint density at radius 1 is 1.05 bits per heavy atom. The number of amides is 1. The van der Waals surface area contributed by atoms with Crippen molar-refractivity contribution in [2.75, 3.05) is 49.6 Å². The first kappa shape index (κ1) is 29.2. The summed E-state index contributed by atoms with van der Waals surface area (Å²) in [5.41, 5.74) is 1.71. The molecule has 1 saturated heterocycles. The van der Waals surface area contributed by atoms with Gasteiger partial charge < -0.3 is 25.0 Å². The second kappa shape index (κ2) is 12.6. The van der Waals surface area contributed by atoms with Crippen molar-refractivity contribution in [2.45, 2.75) is 30.7 Å². The Morgan fingerprint density at radius 3 is 2.25 bits per heavy atom. The number of carbonyl (C=O) groups excluding carboxylic acids is 1. The number of carbonyl (C=O) groups is 2. The lowest BCUT2D eigenvalue weighted by molar-refractivity contribution is -0.138. The van der Waals surface area contributed by atoms with Gasteiger partial charge in [0.05, 0.1) is 17.7 Å². The summed E-state index contributed by atoms with van der Waals surface area (Å²) in [6.45, 7) is 6.44. The SMILES string of the molecule is COc1ccc(S(=O)(=O)N[C@@H](CNC(=O)c2sc(N3CCN(c4ccncc4)CC3)nc2C(C)C)C(=O)O)cc1. The average Bonchev–Trinajstić information content (AvgIpc) is 3.42. The van der Waals surface area contributed by atoms with E-state index in [0.29, 0.717) is 16.3 Å². The van der Waals surface area contributed by atoms with E-state index in [-0.39, 0.29) is 10.8 Å². The second-order valence-corrected chi connectivity index (χ2v) is 12.1. The van der Waals surface area contributed by atoms with Crippen molar-refractivity contribution in [1.29, 1.82) is 0 Å². The Kier molecular flexibility index (Phi) is 9.22. The van der Waals surface area contributed by atoms with Crippen LogP contribution >= 0.6 is 11.3 Å². The zero-order chi connectivity index (χ0) is 28.9. The van der Waals surface area contributed by atoms with Crippen LogP contribution in [0, 0.1) is 0 Å². The number of pyridine rings is 1. The van der Waals surface area contributed by atoms with Gasteiger partial charge in [0, 0.05) is 50.8 Å². The van der Waals surface area contributed by atoms with Crippen LogP contribution in [-0.2, 0) is 14.8 Å². The summed E-state index contributed by atoms with van der Waals surface area (Å²) in [5.74, 6) is -1.51. The number of thiazole rings is 1. The number of nitrogens with one attached hydrogen (secondary N) is 2. The fourth-order valence-electron chi connectivity index (χ4n) is 4.18. The van der Waals surface area contributed by atoms with Gasteiger partial charge in [-0.2, -0.15) is 4.72 Å². The normalized spacial score (nSPS) is 14.7. The van der Waals surface area contributed by atoms with Crippen molar-refractivity contribution in [3.63, 3.8) is 0 Å². The lowest BCUT2D eigenvalue weighted by Crippen LogP contribution is -2.48. The number of hydrogen-bond donors (Lipinski definition) is 3. The van der Waals surface area contributed by atoms with Gasteiger partial charge in [-0.1, -0.05) is 25.2 Å². The standard InChI is InChI=1S/C26H32N6O6S2/c1-17(2)22-23(39-26(29-22)32-14-12-31(13-15-32)18-8-10-27-11-9-18)24(33)28-16-21(25(34)35)30-40(36,37)20-6-4-19(38-3)5-7-20/h4-11,17,21,30H,12-16H2,1-3H3,(H,28,33)(H,34,35)/t21-/m0/s1. The zero-order valence-corrected chi connectivity index (χ0v) is 24.0. The van der Waals surface area contributed by atoms with E-state index in [4.69, 9.17) is 9.72 Å². The van der Waals surface area contributed by atoms with Gasteiger partial charge in [-0.25, -0.2) is 13.4 Å². The van der Waals surface area contributed by atoms with Crippen molar-refractivity contribution < 1.29 is 27.9 Å². The minimum atomic E-state index is -4.16. The number of anilines is 2. The third kappa shape index (κ3) is 6.87. The molecule has 214 valence electrons. The lowest BCUT2D eigenvalue weighted by Gasteiger charge is -2.35. The van der Waals surface area contributed by atoms with E-state index < -0.39 is 34.5 Å². The monoisotopic (exact) mass is 588 g/mol. The highest BCUT2D eigenvalue weighted by Crippen LogP contribution is 2.32. The molecule has 0 bridgehead atoms. The molecule has 2 aromatic heterocycles. The maximum atomic E-state index is 13.2. The quantitative estimate of drug-likeness (QED) is 0.304. The van der Waals surface area contributed by atoms with Crippen LogP contribution in [-0.4, -0.2) is 81.2 Å². The molecule has 1 amide bonds. The van der Waals surface area contributed by atoms with E-state index >= 15 is 0 Å². The molecule has 0 unspecified atom stereocenters. The van der Waals surface area contributed by atoms with Gasteiger partial charge in [0.2, 0.25) is 10.0 Å². The number of piperazine rings is 1. The van der Waals surface area contributed by atoms with Crippen molar-refractivity contribution in [3.05, 3.63) is 59.4 Å². The van der Waals surface area contributed by atoms with Gasteiger partial charge in [-0.3, -0.25) is 14.6 Å². The number of benzene rings is 1. The van der Waals surface area contributed by atoms with E-state index in [0.717, 1.165) is 37.0 Å². The molecule has 1 aliphatic heterocycles. The molecule has 12 nitrogen and oxygen atoms in total. The smallest absolute Gasteiger partial charge is 0.323 e. The van der Waals surface area contributed by atoms with Crippen LogP contribution in [0.2, 0.25) is 0 Å². The minimum Gasteiger partial charge on any atom is -0.497 e. The highest BCUT2D eigenvalue weighted by atomic mass is 32.2. The summed E-state index contributed by atoms with van der Waals surface area (Å²) >= 11 is 1.25. The molecule has 1 atom stereocenters. The molecule has 1 fully saturated rings. The fraction of sp³-hybridized carbons (Fsp3) is 0.385. The third-order valence-electron chi connectivity index (χ3n) is 6.41. The first-order valence-corrected chi connectivity index (χ1v) is 15.0. The van der Waals surface area contributed by atoms with Crippen molar-refractivity contribution in [1.82, 2.24) is 20.0 Å². The van der Waals surface area contributed by atoms with Crippen LogP contribution < -0.4 is 24.6 Å². The lowest BCUT2D eigenvalue weighted by atomic mass is 10.1. The summed E-state index contributed by atoms with van der Waals surface area (Å²) in [4.78, 5) is 38.5. The second-order valence-electron chi connectivity index (χ2n) is 9.44. The van der Waals surface area contributed by atoms with Crippen molar-refractivity contribution in [2.24, 2.45) is 0 Å². The van der Waals surface area contributed by atoms with Crippen LogP contribution in [0.25, 0.3) is 0 Å². The molecule has 0 saturated carbocycles. The van der Waals surface area contributed by atoms with Crippen LogP contribution in [0.1, 0.15) is 35.1 Å².